The molecule has 0 aromatic heterocycles. The third-order valence-electron chi connectivity index (χ3n) is 2.78. The Hall–Kier alpha value is -0.870. The zero-order chi connectivity index (χ0) is 9.42. The van der Waals surface area contributed by atoms with Crippen LogP contribution in [0.4, 0.5) is 0 Å². The van der Waals surface area contributed by atoms with E-state index >= 15 is 0 Å². The molecular formula is C9H12O4. The van der Waals surface area contributed by atoms with Gasteiger partial charge >= 0.3 is 5.97 Å². The highest BCUT2D eigenvalue weighted by atomic mass is 16.5. The van der Waals surface area contributed by atoms with Gasteiger partial charge < -0.3 is 14.9 Å². The molecule has 0 radical (unpaired) electrons. The first-order chi connectivity index (χ1) is 6.24. The SMILES string of the molecule is O=C1OCCC2C(O)C=C(CO)C12. The molecule has 3 unspecified atom stereocenters. The van der Waals surface area contributed by atoms with Gasteiger partial charge in [0.1, 0.15) is 0 Å². The first kappa shape index (κ1) is 8.72. The van der Waals surface area contributed by atoms with E-state index in [9.17, 15) is 9.90 Å². The minimum Gasteiger partial charge on any atom is -0.465 e. The normalized spacial score (nSPS) is 38.2. The van der Waals surface area contributed by atoms with Crippen molar-refractivity contribution in [2.45, 2.75) is 12.5 Å². The van der Waals surface area contributed by atoms with Crippen LogP contribution in [0.1, 0.15) is 6.42 Å². The van der Waals surface area contributed by atoms with Crippen molar-refractivity contribution in [3.8, 4) is 0 Å². The number of cyclic esters (lactones) is 1. The van der Waals surface area contributed by atoms with Gasteiger partial charge in [-0.3, -0.25) is 4.79 Å². The predicted molar refractivity (Wildman–Crippen MR) is 43.7 cm³/mol. The summed E-state index contributed by atoms with van der Waals surface area (Å²) in [5.74, 6) is -0.801. The molecule has 0 aromatic rings. The summed E-state index contributed by atoms with van der Waals surface area (Å²) in [6.07, 6.45) is 1.65. The Morgan fingerprint density at radius 2 is 2.38 bits per heavy atom. The van der Waals surface area contributed by atoms with E-state index in [1.165, 1.54) is 0 Å². The van der Waals surface area contributed by atoms with Crippen LogP contribution in [0.15, 0.2) is 11.6 Å². The molecule has 0 saturated carbocycles. The number of hydrogen-bond acceptors (Lipinski definition) is 4. The zero-order valence-corrected chi connectivity index (χ0v) is 7.14. The molecule has 2 rings (SSSR count). The highest BCUT2D eigenvalue weighted by Crippen LogP contribution is 2.37. The fourth-order valence-corrected chi connectivity index (χ4v) is 2.12. The molecule has 3 atom stereocenters. The lowest BCUT2D eigenvalue weighted by atomic mass is 9.86. The number of aliphatic hydroxyl groups is 2. The Morgan fingerprint density at radius 1 is 1.62 bits per heavy atom. The summed E-state index contributed by atoms with van der Waals surface area (Å²) < 4.78 is 4.87. The quantitative estimate of drug-likeness (QED) is 0.424. The summed E-state index contributed by atoms with van der Waals surface area (Å²) in [6.45, 7) is 0.205. The molecule has 1 aliphatic carbocycles. The Balaban J connectivity index is 2.24. The molecule has 0 aromatic carbocycles. The molecule has 4 heteroatoms. The second-order valence-electron chi connectivity index (χ2n) is 3.49. The maximum atomic E-state index is 11.3. The van der Waals surface area contributed by atoms with Crippen molar-refractivity contribution in [2.24, 2.45) is 11.8 Å². The molecule has 4 nitrogen and oxygen atoms in total. The van der Waals surface area contributed by atoms with Crippen LogP contribution in [0.25, 0.3) is 0 Å². The van der Waals surface area contributed by atoms with Gasteiger partial charge in [-0.05, 0) is 12.0 Å². The maximum absolute atomic E-state index is 11.3. The summed E-state index contributed by atoms with van der Waals surface area (Å²) >= 11 is 0. The maximum Gasteiger partial charge on any atom is 0.313 e. The number of rotatable bonds is 1. The van der Waals surface area contributed by atoms with Gasteiger partial charge in [0.05, 0.1) is 25.2 Å². The smallest absolute Gasteiger partial charge is 0.313 e. The van der Waals surface area contributed by atoms with Gasteiger partial charge in [-0.25, -0.2) is 0 Å². The van der Waals surface area contributed by atoms with Crippen molar-refractivity contribution in [1.82, 2.24) is 0 Å². The van der Waals surface area contributed by atoms with Crippen molar-refractivity contribution >= 4 is 5.97 Å². The number of hydrogen-bond donors (Lipinski definition) is 2. The molecule has 1 saturated heterocycles. The summed E-state index contributed by atoms with van der Waals surface area (Å²) in [5.41, 5.74) is 0.599. The van der Waals surface area contributed by atoms with Gasteiger partial charge in [0.2, 0.25) is 0 Å². The fourth-order valence-electron chi connectivity index (χ4n) is 2.12. The summed E-state index contributed by atoms with van der Waals surface area (Å²) in [4.78, 5) is 11.3. The average Bonchev–Trinajstić information content (AvgIpc) is 2.45. The first-order valence-corrected chi connectivity index (χ1v) is 4.40. The van der Waals surface area contributed by atoms with Crippen LogP contribution in [-0.2, 0) is 9.53 Å². The number of carbonyl (C=O) groups is 1. The molecule has 2 aliphatic rings. The molecule has 1 fully saturated rings. The van der Waals surface area contributed by atoms with Gasteiger partial charge in [-0.2, -0.15) is 0 Å². The van der Waals surface area contributed by atoms with Crippen molar-refractivity contribution in [3.05, 3.63) is 11.6 Å². The minimum absolute atomic E-state index is 0.0802. The molecule has 0 spiro atoms. The largest absolute Gasteiger partial charge is 0.465 e. The number of ether oxygens (including phenoxy) is 1. The third-order valence-corrected chi connectivity index (χ3v) is 2.78. The fraction of sp³-hybridized carbons (Fsp3) is 0.667. The second-order valence-corrected chi connectivity index (χ2v) is 3.49. The molecule has 0 amide bonds. The summed E-state index contributed by atoms with van der Waals surface area (Å²) in [7, 11) is 0. The highest BCUT2D eigenvalue weighted by Gasteiger charge is 2.43. The van der Waals surface area contributed by atoms with Crippen molar-refractivity contribution < 1.29 is 19.7 Å². The van der Waals surface area contributed by atoms with E-state index in [1.54, 1.807) is 6.08 Å². The van der Waals surface area contributed by atoms with Gasteiger partial charge in [0.25, 0.3) is 0 Å². The zero-order valence-electron chi connectivity index (χ0n) is 7.14. The molecule has 1 aliphatic heterocycles. The van der Waals surface area contributed by atoms with Crippen molar-refractivity contribution in [3.63, 3.8) is 0 Å². The van der Waals surface area contributed by atoms with Gasteiger partial charge in [0, 0.05) is 5.92 Å². The van der Waals surface area contributed by atoms with Gasteiger partial charge in [-0.1, -0.05) is 6.08 Å². The van der Waals surface area contributed by atoms with Gasteiger partial charge in [0.15, 0.2) is 0 Å². The summed E-state index contributed by atoms with van der Waals surface area (Å²) in [5, 5.41) is 18.5. The number of carbonyl (C=O) groups excluding carboxylic acids is 1. The molecule has 1 heterocycles. The van der Waals surface area contributed by atoms with Crippen molar-refractivity contribution in [1.29, 1.82) is 0 Å². The Morgan fingerprint density at radius 3 is 3.08 bits per heavy atom. The number of esters is 1. The van der Waals surface area contributed by atoms with E-state index in [4.69, 9.17) is 9.84 Å². The lowest BCUT2D eigenvalue weighted by molar-refractivity contribution is -0.155. The van der Waals surface area contributed by atoms with E-state index in [1.807, 2.05) is 0 Å². The lowest BCUT2D eigenvalue weighted by Crippen LogP contribution is -2.35. The van der Waals surface area contributed by atoms with Gasteiger partial charge in [-0.15, -0.1) is 0 Å². The van der Waals surface area contributed by atoms with Crippen LogP contribution in [0.5, 0.6) is 0 Å². The number of aliphatic hydroxyl groups excluding tert-OH is 2. The van der Waals surface area contributed by atoms with E-state index in [-0.39, 0.29) is 18.5 Å². The molecule has 0 bridgehead atoms. The van der Waals surface area contributed by atoms with Crippen LogP contribution in [0, 0.1) is 11.8 Å². The van der Waals surface area contributed by atoms with Crippen LogP contribution >= 0.6 is 0 Å². The predicted octanol–water partition coefficient (Wildman–Crippen LogP) is -0.541. The van der Waals surface area contributed by atoms with Crippen LogP contribution in [0.3, 0.4) is 0 Å². The standard InChI is InChI=1S/C9H12O4/c10-4-5-3-7(11)6-1-2-13-9(12)8(5)6/h3,6-8,10-11H,1-2,4H2. The van der Waals surface area contributed by atoms with Crippen LogP contribution < -0.4 is 0 Å². The van der Waals surface area contributed by atoms with Crippen LogP contribution in [0.2, 0.25) is 0 Å². The Kier molecular flexibility index (Phi) is 2.09. The minimum atomic E-state index is -0.597. The lowest BCUT2D eigenvalue weighted by Gasteiger charge is -2.27. The van der Waals surface area contributed by atoms with E-state index in [2.05, 4.69) is 0 Å². The monoisotopic (exact) mass is 184 g/mol. The molecule has 13 heavy (non-hydrogen) atoms. The van der Waals surface area contributed by atoms with Crippen LogP contribution in [-0.4, -0.2) is 35.5 Å². The van der Waals surface area contributed by atoms with E-state index < -0.39 is 12.0 Å². The van der Waals surface area contributed by atoms with Crippen molar-refractivity contribution in [2.75, 3.05) is 13.2 Å². The molecular weight excluding hydrogens is 172 g/mol. The topological polar surface area (TPSA) is 66.8 Å². The number of fused-ring (bicyclic) bond motifs is 1. The average molecular weight is 184 g/mol. The third kappa shape index (κ3) is 1.26. The van der Waals surface area contributed by atoms with E-state index in [0.29, 0.717) is 18.6 Å². The first-order valence-electron chi connectivity index (χ1n) is 4.40. The van der Waals surface area contributed by atoms with E-state index in [0.717, 1.165) is 0 Å². The molecule has 2 N–H and O–H groups in total. The highest BCUT2D eigenvalue weighted by molar-refractivity contribution is 5.78. The Bertz CT molecular complexity index is 258. The molecule has 72 valence electrons. The Labute approximate surface area is 75.8 Å². The summed E-state index contributed by atoms with van der Waals surface area (Å²) in [6, 6.07) is 0. The second kappa shape index (κ2) is 3.12.